The Bertz CT molecular complexity index is 480. The standard InChI is InChI=1S/C12H11NO2S/c1-2-15-12(14)10-4-3-6-13-11(10)9-5-7-16-8-9/h3-8H,2H2,1H3. The molecule has 16 heavy (non-hydrogen) atoms. The number of aromatic nitrogens is 1. The smallest absolute Gasteiger partial charge is 0.340 e. The van der Waals surface area contributed by atoms with Crippen LogP contribution in [0.25, 0.3) is 11.3 Å². The quantitative estimate of drug-likeness (QED) is 0.765. The molecule has 4 heteroatoms. The summed E-state index contributed by atoms with van der Waals surface area (Å²) in [5.74, 6) is -0.322. The van der Waals surface area contributed by atoms with Crippen LogP contribution < -0.4 is 0 Å². The molecular formula is C12H11NO2S. The lowest BCUT2D eigenvalue weighted by Crippen LogP contribution is -2.07. The second kappa shape index (κ2) is 4.90. The normalized spacial score (nSPS) is 10.1. The van der Waals surface area contributed by atoms with Crippen LogP contribution in [0, 0.1) is 0 Å². The highest BCUT2D eigenvalue weighted by Gasteiger charge is 2.14. The molecule has 0 spiro atoms. The van der Waals surface area contributed by atoms with E-state index in [9.17, 15) is 4.79 Å². The lowest BCUT2D eigenvalue weighted by atomic mass is 10.1. The van der Waals surface area contributed by atoms with Gasteiger partial charge in [-0.15, -0.1) is 0 Å². The lowest BCUT2D eigenvalue weighted by molar-refractivity contribution is 0.0527. The zero-order chi connectivity index (χ0) is 11.4. The molecule has 0 N–H and O–H groups in total. The van der Waals surface area contributed by atoms with Crippen molar-refractivity contribution < 1.29 is 9.53 Å². The fourth-order valence-electron chi connectivity index (χ4n) is 1.41. The van der Waals surface area contributed by atoms with Crippen LogP contribution in [0.15, 0.2) is 35.2 Å². The van der Waals surface area contributed by atoms with Crippen molar-refractivity contribution in [1.82, 2.24) is 4.98 Å². The van der Waals surface area contributed by atoms with Crippen molar-refractivity contribution in [1.29, 1.82) is 0 Å². The van der Waals surface area contributed by atoms with Crippen molar-refractivity contribution in [2.45, 2.75) is 6.92 Å². The van der Waals surface area contributed by atoms with E-state index in [4.69, 9.17) is 4.74 Å². The lowest BCUT2D eigenvalue weighted by Gasteiger charge is -2.05. The molecule has 0 fully saturated rings. The number of rotatable bonds is 3. The Balaban J connectivity index is 2.42. The highest BCUT2D eigenvalue weighted by atomic mass is 32.1. The first-order valence-electron chi connectivity index (χ1n) is 4.97. The highest BCUT2D eigenvalue weighted by molar-refractivity contribution is 7.08. The minimum atomic E-state index is -0.322. The van der Waals surface area contributed by atoms with E-state index in [0.717, 1.165) is 5.56 Å². The third-order valence-electron chi connectivity index (χ3n) is 2.10. The third-order valence-corrected chi connectivity index (χ3v) is 2.78. The summed E-state index contributed by atoms with van der Waals surface area (Å²) in [5, 5.41) is 3.92. The first kappa shape index (κ1) is 10.8. The Morgan fingerprint density at radius 2 is 2.38 bits per heavy atom. The summed E-state index contributed by atoms with van der Waals surface area (Å²) in [7, 11) is 0. The Hall–Kier alpha value is -1.68. The molecule has 82 valence electrons. The van der Waals surface area contributed by atoms with Crippen LogP contribution in [0.1, 0.15) is 17.3 Å². The zero-order valence-corrected chi connectivity index (χ0v) is 9.66. The van der Waals surface area contributed by atoms with Gasteiger partial charge in [-0.05, 0) is 30.5 Å². The van der Waals surface area contributed by atoms with Gasteiger partial charge in [-0.1, -0.05) is 0 Å². The Morgan fingerprint density at radius 3 is 3.06 bits per heavy atom. The van der Waals surface area contributed by atoms with Gasteiger partial charge in [0.15, 0.2) is 0 Å². The van der Waals surface area contributed by atoms with Gasteiger partial charge in [0.1, 0.15) is 0 Å². The summed E-state index contributed by atoms with van der Waals surface area (Å²) < 4.78 is 4.99. The fourth-order valence-corrected chi connectivity index (χ4v) is 2.05. The van der Waals surface area contributed by atoms with Crippen molar-refractivity contribution in [2.75, 3.05) is 6.61 Å². The summed E-state index contributed by atoms with van der Waals surface area (Å²) in [5.41, 5.74) is 2.15. The SMILES string of the molecule is CCOC(=O)c1cccnc1-c1ccsc1. The molecule has 0 amide bonds. The van der Waals surface area contributed by atoms with Crippen molar-refractivity contribution in [3.05, 3.63) is 40.7 Å². The number of thiophene rings is 1. The van der Waals surface area contributed by atoms with Crippen LogP contribution in [0.4, 0.5) is 0 Å². The maximum Gasteiger partial charge on any atom is 0.340 e. The second-order valence-electron chi connectivity index (χ2n) is 3.13. The molecule has 2 aromatic rings. The maximum absolute atomic E-state index is 11.7. The number of carbonyl (C=O) groups excluding carboxylic acids is 1. The molecule has 0 aliphatic heterocycles. The Morgan fingerprint density at radius 1 is 1.50 bits per heavy atom. The van der Waals surface area contributed by atoms with Crippen LogP contribution in [-0.2, 0) is 4.74 Å². The molecule has 0 bridgehead atoms. The molecule has 0 aromatic carbocycles. The fraction of sp³-hybridized carbons (Fsp3) is 0.167. The molecule has 0 saturated carbocycles. The van der Waals surface area contributed by atoms with Crippen LogP contribution in [0.5, 0.6) is 0 Å². The Labute approximate surface area is 97.7 Å². The molecule has 0 unspecified atom stereocenters. The molecule has 0 atom stereocenters. The van der Waals surface area contributed by atoms with E-state index in [1.165, 1.54) is 0 Å². The average molecular weight is 233 g/mol. The van der Waals surface area contributed by atoms with Gasteiger partial charge >= 0.3 is 5.97 Å². The van der Waals surface area contributed by atoms with Gasteiger partial charge in [-0.3, -0.25) is 4.98 Å². The van der Waals surface area contributed by atoms with Crippen LogP contribution >= 0.6 is 11.3 Å². The van der Waals surface area contributed by atoms with E-state index in [-0.39, 0.29) is 5.97 Å². The number of hydrogen-bond acceptors (Lipinski definition) is 4. The predicted octanol–water partition coefficient (Wildman–Crippen LogP) is 2.99. The number of ether oxygens (including phenoxy) is 1. The second-order valence-corrected chi connectivity index (χ2v) is 3.91. The highest BCUT2D eigenvalue weighted by Crippen LogP contribution is 2.23. The molecule has 0 aliphatic carbocycles. The van der Waals surface area contributed by atoms with Crippen LogP contribution in [-0.4, -0.2) is 17.6 Å². The predicted molar refractivity (Wildman–Crippen MR) is 63.5 cm³/mol. The van der Waals surface area contributed by atoms with Crippen molar-refractivity contribution in [3.8, 4) is 11.3 Å². The average Bonchev–Trinajstić information content (AvgIpc) is 2.83. The summed E-state index contributed by atoms with van der Waals surface area (Å²) >= 11 is 1.58. The number of hydrogen-bond donors (Lipinski definition) is 0. The summed E-state index contributed by atoms with van der Waals surface area (Å²) in [6.45, 7) is 2.16. The van der Waals surface area contributed by atoms with E-state index < -0.39 is 0 Å². The molecule has 0 radical (unpaired) electrons. The number of esters is 1. The Kier molecular flexibility index (Phi) is 3.31. The van der Waals surface area contributed by atoms with Gasteiger partial charge in [-0.2, -0.15) is 11.3 Å². The van der Waals surface area contributed by atoms with E-state index in [2.05, 4.69) is 4.98 Å². The molecule has 0 saturated heterocycles. The van der Waals surface area contributed by atoms with E-state index in [1.807, 2.05) is 16.8 Å². The third kappa shape index (κ3) is 2.12. The number of pyridine rings is 1. The van der Waals surface area contributed by atoms with Gasteiger partial charge in [0.25, 0.3) is 0 Å². The molecule has 2 rings (SSSR count). The monoisotopic (exact) mass is 233 g/mol. The van der Waals surface area contributed by atoms with Crippen LogP contribution in [0.2, 0.25) is 0 Å². The number of nitrogens with zero attached hydrogens (tertiary/aromatic N) is 1. The number of carbonyl (C=O) groups is 1. The van der Waals surface area contributed by atoms with Gasteiger partial charge in [-0.25, -0.2) is 4.79 Å². The summed E-state index contributed by atoms with van der Waals surface area (Å²) in [6.07, 6.45) is 1.68. The molecule has 2 aromatic heterocycles. The topological polar surface area (TPSA) is 39.2 Å². The maximum atomic E-state index is 11.7. The van der Waals surface area contributed by atoms with E-state index in [1.54, 1.807) is 36.6 Å². The molecular weight excluding hydrogens is 222 g/mol. The summed E-state index contributed by atoms with van der Waals surface area (Å²) in [6, 6.07) is 5.41. The molecule has 0 aliphatic rings. The van der Waals surface area contributed by atoms with Crippen molar-refractivity contribution in [3.63, 3.8) is 0 Å². The van der Waals surface area contributed by atoms with Gasteiger partial charge in [0, 0.05) is 17.1 Å². The minimum Gasteiger partial charge on any atom is -0.462 e. The van der Waals surface area contributed by atoms with Crippen LogP contribution in [0.3, 0.4) is 0 Å². The zero-order valence-electron chi connectivity index (χ0n) is 8.84. The molecule has 2 heterocycles. The summed E-state index contributed by atoms with van der Waals surface area (Å²) in [4.78, 5) is 15.9. The van der Waals surface area contributed by atoms with E-state index in [0.29, 0.717) is 17.9 Å². The van der Waals surface area contributed by atoms with Gasteiger partial charge < -0.3 is 4.74 Å². The largest absolute Gasteiger partial charge is 0.462 e. The van der Waals surface area contributed by atoms with E-state index >= 15 is 0 Å². The van der Waals surface area contributed by atoms with Crippen molar-refractivity contribution in [2.24, 2.45) is 0 Å². The van der Waals surface area contributed by atoms with Gasteiger partial charge in [0.2, 0.25) is 0 Å². The first-order valence-corrected chi connectivity index (χ1v) is 5.92. The minimum absolute atomic E-state index is 0.322. The molecule has 3 nitrogen and oxygen atoms in total. The van der Waals surface area contributed by atoms with Gasteiger partial charge in [0.05, 0.1) is 17.9 Å². The van der Waals surface area contributed by atoms with Crippen molar-refractivity contribution >= 4 is 17.3 Å². The first-order chi connectivity index (χ1) is 7.83.